The molecule has 0 radical (unpaired) electrons. The van der Waals surface area contributed by atoms with E-state index in [0.717, 1.165) is 18.5 Å². The fraction of sp³-hybridized carbons (Fsp3) is 0.273. The lowest BCUT2D eigenvalue weighted by Gasteiger charge is -1.99. The molecule has 2 heterocycles. The standard InChI is InChI=1S/C11H13N3O2/c1-13-7-9(6-12-13)2-4-14-5-3-10(8-14)11(15)16/h3,5-8H,2,4H2,1H3,(H,15,16). The van der Waals surface area contributed by atoms with E-state index in [-0.39, 0.29) is 0 Å². The Morgan fingerprint density at radius 3 is 2.88 bits per heavy atom. The Kier molecular flexibility index (Phi) is 2.76. The predicted molar refractivity (Wildman–Crippen MR) is 58.3 cm³/mol. The molecule has 2 aromatic rings. The number of nitrogens with zero attached hydrogens (tertiary/aromatic N) is 3. The van der Waals surface area contributed by atoms with Crippen LogP contribution in [-0.2, 0) is 20.0 Å². The highest BCUT2D eigenvalue weighted by Gasteiger charge is 2.04. The molecule has 0 saturated heterocycles. The van der Waals surface area contributed by atoms with Crippen molar-refractivity contribution in [2.45, 2.75) is 13.0 Å². The van der Waals surface area contributed by atoms with Gasteiger partial charge < -0.3 is 9.67 Å². The van der Waals surface area contributed by atoms with Crippen molar-refractivity contribution in [3.63, 3.8) is 0 Å². The zero-order valence-electron chi connectivity index (χ0n) is 9.00. The number of aryl methyl sites for hydroxylation is 3. The van der Waals surface area contributed by atoms with Gasteiger partial charge in [-0.2, -0.15) is 5.10 Å². The summed E-state index contributed by atoms with van der Waals surface area (Å²) < 4.78 is 3.63. The topological polar surface area (TPSA) is 60.0 Å². The SMILES string of the molecule is Cn1cc(CCn2ccc(C(=O)O)c2)cn1. The lowest BCUT2D eigenvalue weighted by Crippen LogP contribution is -1.99. The maximum Gasteiger partial charge on any atom is 0.337 e. The van der Waals surface area contributed by atoms with Gasteiger partial charge in [0, 0.05) is 32.2 Å². The number of hydrogen-bond acceptors (Lipinski definition) is 2. The van der Waals surface area contributed by atoms with E-state index in [1.54, 1.807) is 23.1 Å². The molecule has 5 nitrogen and oxygen atoms in total. The van der Waals surface area contributed by atoms with Gasteiger partial charge in [-0.25, -0.2) is 4.79 Å². The second kappa shape index (κ2) is 4.22. The zero-order valence-corrected chi connectivity index (χ0v) is 9.00. The Labute approximate surface area is 92.9 Å². The highest BCUT2D eigenvalue weighted by atomic mass is 16.4. The van der Waals surface area contributed by atoms with Crippen LogP contribution in [0.2, 0.25) is 0 Å². The van der Waals surface area contributed by atoms with Crippen molar-refractivity contribution in [1.82, 2.24) is 14.3 Å². The van der Waals surface area contributed by atoms with Gasteiger partial charge in [-0.15, -0.1) is 0 Å². The van der Waals surface area contributed by atoms with Gasteiger partial charge >= 0.3 is 5.97 Å². The predicted octanol–water partition coefficient (Wildman–Crippen LogP) is 1.16. The Morgan fingerprint density at radius 2 is 2.31 bits per heavy atom. The first kappa shape index (κ1) is 10.5. The summed E-state index contributed by atoms with van der Waals surface area (Å²) in [5.41, 5.74) is 1.47. The lowest BCUT2D eigenvalue weighted by atomic mass is 10.2. The number of aromatic nitrogens is 3. The third-order valence-corrected chi connectivity index (χ3v) is 2.41. The molecule has 0 aliphatic carbocycles. The van der Waals surface area contributed by atoms with Crippen molar-refractivity contribution in [1.29, 1.82) is 0 Å². The molecule has 0 unspecified atom stereocenters. The van der Waals surface area contributed by atoms with Crippen LogP contribution < -0.4 is 0 Å². The molecule has 16 heavy (non-hydrogen) atoms. The monoisotopic (exact) mass is 219 g/mol. The fourth-order valence-corrected chi connectivity index (χ4v) is 1.57. The van der Waals surface area contributed by atoms with Crippen LogP contribution >= 0.6 is 0 Å². The number of carboxylic acids is 1. The van der Waals surface area contributed by atoms with Crippen LogP contribution in [0.15, 0.2) is 30.9 Å². The maximum absolute atomic E-state index is 10.7. The van der Waals surface area contributed by atoms with Crippen LogP contribution in [0.25, 0.3) is 0 Å². The van der Waals surface area contributed by atoms with Crippen LogP contribution in [-0.4, -0.2) is 25.4 Å². The highest BCUT2D eigenvalue weighted by molar-refractivity contribution is 5.87. The van der Waals surface area contributed by atoms with Crippen molar-refractivity contribution in [3.8, 4) is 0 Å². The summed E-state index contributed by atoms with van der Waals surface area (Å²) >= 11 is 0. The second-order valence-corrected chi connectivity index (χ2v) is 3.72. The van der Waals surface area contributed by atoms with Crippen molar-refractivity contribution in [2.75, 3.05) is 0 Å². The van der Waals surface area contributed by atoms with Crippen LogP contribution in [0.1, 0.15) is 15.9 Å². The third-order valence-electron chi connectivity index (χ3n) is 2.41. The smallest absolute Gasteiger partial charge is 0.337 e. The first-order chi connectivity index (χ1) is 7.65. The van der Waals surface area contributed by atoms with Crippen molar-refractivity contribution >= 4 is 5.97 Å². The number of rotatable bonds is 4. The van der Waals surface area contributed by atoms with Gasteiger partial charge in [-0.3, -0.25) is 4.68 Å². The molecule has 0 amide bonds. The summed E-state index contributed by atoms with van der Waals surface area (Å²) in [6, 6.07) is 1.60. The molecule has 0 aromatic carbocycles. The van der Waals surface area contributed by atoms with Gasteiger partial charge in [0.2, 0.25) is 0 Å². The van der Waals surface area contributed by atoms with Crippen molar-refractivity contribution in [3.05, 3.63) is 42.0 Å². The van der Waals surface area contributed by atoms with Crippen LogP contribution in [0, 0.1) is 0 Å². The minimum atomic E-state index is -0.889. The summed E-state index contributed by atoms with van der Waals surface area (Å²) in [4.78, 5) is 10.7. The van der Waals surface area contributed by atoms with E-state index >= 15 is 0 Å². The number of hydrogen-bond donors (Lipinski definition) is 1. The second-order valence-electron chi connectivity index (χ2n) is 3.72. The minimum absolute atomic E-state index is 0.325. The van der Waals surface area contributed by atoms with E-state index in [9.17, 15) is 4.79 Å². The Bertz CT molecular complexity index is 499. The lowest BCUT2D eigenvalue weighted by molar-refractivity contribution is 0.0697. The average Bonchev–Trinajstić information content (AvgIpc) is 2.83. The van der Waals surface area contributed by atoms with Gasteiger partial charge in [0.05, 0.1) is 11.8 Å². The van der Waals surface area contributed by atoms with Crippen LogP contribution in [0.4, 0.5) is 0 Å². The molecule has 84 valence electrons. The molecule has 0 bridgehead atoms. The Hall–Kier alpha value is -2.04. The van der Waals surface area contributed by atoms with E-state index in [1.807, 2.05) is 24.0 Å². The van der Waals surface area contributed by atoms with Gasteiger partial charge in [0.25, 0.3) is 0 Å². The summed E-state index contributed by atoms with van der Waals surface area (Å²) in [6.45, 7) is 0.763. The molecule has 0 saturated carbocycles. The fourth-order valence-electron chi connectivity index (χ4n) is 1.57. The molecule has 1 N–H and O–H groups in total. The zero-order chi connectivity index (χ0) is 11.5. The number of aromatic carboxylic acids is 1. The summed E-state index contributed by atoms with van der Waals surface area (Å²) in [7, 11) is 1.88. The average molecular weight is 219 g/mol. The molecule has 0 spiro atoms. The molecule has 2 aromatic heterocycles. The quantitative estimate of drug-likeness (QED) is 0.839. The van der Waals surface area contributed by atoms with E-state index in [4.69, 9.17) is 5.11 Å². The molecular weight excluding hydrogens is 206 g/mol. The third kappa shape index (κ3) is 2.31. The van der Waals surface area contributed by atoms with E-state index in [1.165, 1.54) is 0 Å². The van der Waals surface area contributed by atoms with E-state index in [2.05, 4.69) is 5.10 Å². The van der Waals surface area contributed by atoms with Crippen LogP contribution in [0.5, 0.6) is 0 Å². The van der Waals surface area contributed by atoms with E-state index in [0.29, 0.717) is 5.56 Å². The molecule has 2 rings (SSSR count). The van der Waals surface area contributed by atoms with Crippen LogP contribution in [0.3, 0.4) is 0 Å². The van der Waals surface area contributed by atoms with E-state index < -0.39 is 5.97 Å². The van der Waals surface area contributed by atoms with Crippen molar-refractivity contribution in [2.24, 2.45) is 7.05 Å². The molecule has 0 aliphatic rings. The van der Waals surface area contributed by atoms with Gasteiger partial charge in [-0.05, 0) is 18.1 Å². The number of carboxylic acid groups (broad SMARTS) is 1. The summed E-state index contributed by atoms with van der Waals surface area (Å²) in [5.74, 6) is -0.889. The number of carbonyl (C=O) groups is 1. The highest BCUT2D eigenvalue weighted by Crippen LogP contribution is 2.04. The summed E-state index contributed by atoms with van der Waals surface area (Å²) in [6.07, 6.45) is 8.04. The first-order valence-corrected chi connectivity index (χ1v) is 5.02. The summed E-state index contributed by atoms with van der Waals surface area (Å²) in [5, 5.41) is 12.8. The molecule has 0 aliphatic heterocycles. The van der Waals surface area contributed by atoms with Gasteiger partial charge in [0.1, 0.15) is 0 Å². The Morgan fingerprint density at radius 1 is 1.50 bits per heavy atom. The van der Waals surface area contributed by atoms with Gasteiger partial charge in [0.15, 0.2) is 0 Å². The first-order valence-electron chi connectivity index (χ1n) is 5.02. The molecule has 5 heteroatoms. The normalized spacial score (nSPS) is 10.6. The maximum atomic E-state index is 10.7. The Balaban J connectivity index is 1.97. The molecular formula is C11H13N3O2. The minimum Gasteiger partial charge on any atom is -0.478 e. The van der Waals surface area contributed by atoms with Crippen molar-refractivity contribution < 1.29 is 9.90 Å². The largest absolute Gasteiger partial charge is 0.478 e. The molecule has 0 fully saturated rings. The molecule has 0 atom stereocenters. The van der Waals surface area contributed by atoms with Gasteiger partial charge in [-0.1, -0.05) is 0 Å².